The minimum Gasteiger partial charge on any atom is -0.355 e. The lowest BCUT2D eigenvalue weighted by Crippen LogP contribution is -2.29. The zero-order chi connectivity index (χ0) is 11.1. The van der Waals surface area contributed by atoms with Crippen LogP contribution in [-0.4, -0.2) is 17.3 Å². The summed E-state index contributed by atoms with van der Waals surface area (Å²) < 4.78 is 0. The molecule has 3 heteroatoms. The summed E-state index contributed by atoms with van der Waals surface area (Å²) in [4.78, 5) is 12.0. The maximum atomic E-state index is 11.6. The first-order chi connectivity index (χ1) is 7.18. The number of carbonyl (C=O) groups excluding carboxylic acids is 1. The number of halogens is 1. The lowest BCUT2D eigenvalue weighted by atomic mass is 9.96. The molecule has 15 heavy (non-hydrogen) atoms. The van der Waals surface area contributed by atoms with Gasteiger partial charge in [0.1, 0.15) is 0 Å². The molecule has 0 aliphatic heterocycles. The fourth-order valence-corrected chi connectivity index (χ4v) is 2.32. The van der Waals surface area contributed by atoms with Gasteiger partial charge in [-0.2, -0.15) is 0 Å². The van der Waals surface area contributed by atoms with Crippen molar-refractivity contribution < 1.29 is 4.79 Å². The topological polar surface area (TPSA) is 29.1 Å². The van der Waals surface area contributed by atoms with E-state index >= 15 is 0 Å². The van der Waals surface area contributed by atoms with Crippen LogP contribution in [0, 0.1) is 5.92 Å². The van der Waals surface area contributed by atoms with Crippen LogP contribution in [0.4, 0.5) is 0 Å². The highest BCUT2D eigenvalue weighted by molar-refractivity contribution is 9.09. The van der Waals surface area contributed by atoms with Crippen molar-refractivity contribution in [1.82, 2.24) is 5.32 Å². The van der Waals surface area contributed by atoms with Gasteiger partial charge in [0.05, 0.1) is 0 Å². The molecular weight excluding hydrogens is 254 g/mol. The van der Waals surface area contributed by atoms with E-state index in [0.717, 1.165) is 13.0 Å². The highest BCUT2D eigenvalue weighted by Crippen LogP contribution is 2.25. The molecule has 1 saturated carbocycles. The molecule has 1 unspecified atom stereocenters. The number of carbonyl (C=O) groups is 1. The van der Waals surface area contributed by atoms with E-state index in [2.05, 4.69) is 21.2 Å². The van der Waals surface area contributed by atoms with Gasteiger partial charge >= 0.3 is 0 Å². The molecule has 88 valence electrons. The Balaban J connectivity index is 2.17. The third kappa shape index (κ3) is 6.18. The summed E-state index contributed by atoms with van der Waals surface area (Å²) in [5.41, 5.74) is 0. The van der Waals surface area contributed by atoms with Gasteiger partial charge in [-0.15, -0.1) is 0 Å². The van der Waals surface area contributed by atoms with E-state index in [0.29, 0.717) is 10.7 Å². The molecule has 2 nitrogen and oxygen atoms in total. The van der Waals surface area contributed by atoms with E-state index < -0.39 is 0 Å². The van der Waals surface area contributed by atoms with Crippen molar-refractivity contribution in [2.24, 2.45) is 5.92 Å². The lowest BCUT2D eigenvalue weighted by molar-refractivity contribution is -0.122. The molecule has 1 N–H and O–H groups in total. The van der Waals surface area contributed by atoms with E-state index in [-0.39, 0.29) is 5.91 Å². The number of hydrogen-bond donors (Lipinski definition) is 1. The molecule has 0 radical (unpaired) electrons. The fraction of sp³-hybridized carbons (Fsp3) is 0.917. The Bertz CT molecular complexity index is 186. The van der Waals surface area contributed by atoms with E-state index in [1.807, 2.05) is 6.92 Å². The number of hydrogen-bond acceptors (Lipinski definition) is 1. The van der Waals surface area contributed by atoms with Crippen LogP contribution in [0.5, 0.6) is 0 Å². The van der Waals surface area contributed by atoms with Gasteiger partial charge in [-0.05, 0) is 18.8 Å². The third-order valence-corrected chi connectivity index (χ3v) is 3.35. The molecule has 1 rings (SSSR count). The standard InChI is InChI=1S/C12H22BrNO/c1-10(13)9-14-12(15)8-11-6-4-2-3-5-7-11/h10-11H,2-9H2,1H3,(H,14,15). The van der Waals surface area contributed by atoms with Crippen molar-refractivity contribution >= 4 is 21.8 Å². The van der Waals surface area contributed by atoms with Crippen LogP contribution in [-0.2, 0) is 4.79 Å². The predicted molar refractivity (Wildman–Crippen MR) is 67.2 cm³/mol. The molecule has 1 fully saturated rings. The maximum Gasteiger partial charge on any atom is 0.220 e. The van der Waals surface area contributed by atoms with E-state index in [1.165, 1.54) is 38.5 Å². The first-order valence-electron chi connectivity index (χ1n) is 6.09. The lowest BCUT2D eigenvalue weighted by Gasteiger charge is -2.14. The fourth-order valence-electron chi connectivity index (χ4n) is 2.16. The Morgan fingerprint density at radius 1 is 1.33 bits per heavy atom. The predicted octanol–water partition coefficient (Wildman–Crippen LogP) is 3.25. The second-order valence-corrected chi connectivity index (χ2v) is 6.21. The maximum absolute atomic E-state index is 11.6. The summed E-state index contributed by atoms with van der Waals surface area (Å²) in [6.45, 7) is 2.79. The normalized spacial score (nSPS) is 20.7. The van der Waals surface area contributed by atoms with Crippen molar-refractivity contribution in [3.8, 4) is 0 Å². The van der Waals surface area contributed by atoms with Crippen LogP contribution in [0.1, 0.15) is 51.9 Å². The Morgan fingerprint density at radius 3 is 2.47 bits per heavy atom. The largest absolute Gasteiger partial charge is 0.355 e. The number of amides is 1. The zero-order valence-electron chi connectivity index (χ0n) is 9.60. The summed E-state index contributed by atoms with van der Waals surface area (Å²) in [6.07, 6.45) is 8.57. The van der Waals surface area contributed by atoms with Crippen molar-refractivity contribution in [2.45, 2.75) is 56.7 Å². The molecule has 0 heterocycles. The first kappa shape index (κ1) is 13.0. The van der Waals surface area contributed by atoms with E-state index in [1.54, 1.807) is 0 Å². The number of nitrogens with one attached hydrogen (secondary N) is 1. The highest BCUT2D eigenvalue weighted by atomic mass is 79.9. The second-order valence-electron chi connectivity index (χ2n) is 4.65. The van der Waals surface area contributed by atoms with Crippen molar-refractivity contribution in [2.75, 3.05) is 6.54 Å². The van der Waals surface area contributed by atoms with Gasteiger partial charge in [0.15, 0.2) is 0 Å². The molecule has 1 atom stereocenters. The number of rotatable bonds is 4. The Labute approximate surface area is 101 Å². The smallest absolute Gasteiger partial charge is 0.220 e. The SMILES string of the molecule is CC(Br)CNC(=O)CC1CCCCCC1. The summed E-state index contributed by atoms with van der Waals surface area (Å²) in [7, 11) is 0. The van der Waals surface area contributed by atoms with Crippen LogP contribution in [0.25, 0.3) is 0 Å². The molecule has 0 spiro atoms. The molecule has 0 aromatic rings. The average Bonchev–Trinajstić information content (AvgIpc) is 2.43. The van der Waals surface area contributed by atoms with Crippen LogP contribution >= 0.6 is 15.9 Å². The second kappa shape index (κ2) is 7.26. The molecule has 0 aromatic heterocycles. The summed E-state index contributed by atoms with van der Waals surface area (Å²) >= 11 is 3.43. The minimum absolute atomic E-state index is 0.230. The van der Waals surface area contributed by atoms with Crippen LogP contribution < -0.4 is 5.32 Å². The van der Waals surface area contributed by atoms with Gasteiger partial charge in [0.25, 0.3) is 0 Å². The van der Waals surface area contributed by atoms with Crippen LogP contribution in [0.15, 0.2) is 0 Å². The summed E-state index contributed by atoms with van der Waals surface area (Å²) in [5, 5.41) is 2.96. The van der Waals surface area contributed by atoms with Gasteiger partial charge in [0.2, 0.25) is 5.91 Å². The van der Waals surface area contributed by atoms with Gasteiger partial charge in [-0.3, -0.25) is 4.79 Å². The van der Waals surface area contributed by atoms with Crippen LogP contribution in [0.3, 0.4) is 0 Å². The Kier molecular flexibility index (Phi) is 6.30. The molecule has 1 amide bonds. The van der Waals surface area contributed by atoms with Crippen molar-refractivity contribution in [3.05, 3.63) is 0 Å². The van der Waals surface area contributed by atoms with Crippen LogP contribution in [0.2, 0.25) is 0 Å². The molecule has 0 aromatic carbocycles. The molecule has 1 aliphatic carbocycles. The monoisotopic (exact) mass is 275 g/mol. The van der Waals surface area contributed by atoms with Gasteiger partial charge < -0.3 is 5.32 Å². The van der Waals surface area contributed by atoms with Crippen molar-refractivity contribution in [3.63, 3.8) is 0 Å². The Hall–Kier alpha value is -0.0500. The van der Waals surface area contributed by atoms with E-state index in [9.17, 15) is 4.79 Å². The van der Waals surface area contributed by atoms with Gasteiger partial charge in [-0.1, -0.05) is 48.5 Å². The minimum atomic E-state index is 0.230. The molecule has 1 aliphatic rings. The molecular formula is C12H22BrNO. The number of alkyl halides is 1. The summed E-state index contributed by atoms with van der Waals surface area (Å²) in [6, 6.07) is 0. The summed E-state index contributed by atoms with van der Waals surface area (Å²) in [5.74, 6) is 0.867. The molecule has 0 saturated heterocycles. The first-order valence-corrected chi connectivity index (χ1v) is 7.01. The average molecular weight is 276 g/mol. The third-order valence-electron chi connectivity index (χ3n) is 3.03. The highest BCUT2D eigenvalue weighted by Gasteiger charge is 2.15. The van der Waals surface area contributed by atoms with Gasteiger partial charge in [-0.25, -0.2) is 0 Å². The Morgan fingerprint density at radius 2 is 1.93 bits per heavy atom. The quantitative estimate of drug-likeness (QED) is 0.620. The van der Waals surface area contributed by atoms with Crippen molar-refractivity contribution in [1.29, 1.82) is 0 Å². The molecule has 0 bridgehead atoms. The zero-order valence-corrected chi connectivity index (χ0v) is 11.2. The van der Waals surface area contributed by atoms with E-state index in [4.69, 9.17) is 0 Å². The van der Waals surface area contributed by atoms with Gasteiger partial charge in [0, 0.05) is 17.8 Å².